The van der Waals surface area contributed by atoms with Crippen molar-refractivity contribution in [1.29, 1.82) is 0 Å². The largest absolute Gasteiger partial charge is 0.322 e. The van der Waals surface area contributed by atoms with Crippen LogP contribution in [0.2, 0.25) is 0 Å². The molecular weight excluding hydrogens is 362 g/mol. The second-order valence-corrected chi connectivity index (χ2v) is 7.76. The Balaban J connectivity index is 1.66. The van der Waals surface area contributed by atoms with Crippen LogP contribution in [0.3, 0.4) is 0 Å². The minimum Gasteiger partial charge on any atom is -0.322 e. The third kappa shape index (κ3) is 4.99. The highest BCUT2D eigenvalue weighted by atomic mass is 32.2. The smallest absolute Gasteiger partial charge is 0.255 e. The predicted molar refractivity (Wildman–Crippen MR) is 104 cm³/mol. The number of hydrogen-bond donors (Lipinski definition) is 2. The fraction of sp³-hybridized carbons (Fsp3) is 0.100. The second kappa shape index (κ2) is 8.11. The lowest BCUT2D eigenvalue weighted by Crippen LogP contribution is -2.23. The number of carbonyl (C=O) groups excluding carboxylic acids is 1. The van der Waals surface area contributed by atoms with Crippen molar-refractivity contribution in [2.24, 2.45) is 0 Å². The standard InChI is InChI=1S/C20H19N3O3S/c1-15-5-9-17(10-6-15)23-20(24)16-7-11-19(12-8-16)27(25,26)22-14-18-4-2-3-13-21-18/h2-13,22H,14H2,1H3,(H,23,24). The quantitative estimate of drug-likeness (QED) is 0.687. The van der Waals surface area contributed by atoms with Gasteiger partial charge in [-0.2, -0.15) is 0 Å². The van der Waals surface area contributed by atoms with Gasteiger partial charge in [-0.1, -0.05) is 23.8 Å². The van der Waals surface area contributed by atoms with Gasteiger partial charge in [-0.05, 0) is 55.5 Å². The number of nitrogens with one attached hydrogen (secondary N) is 2. The van der Waals surface area contributed by atoms with Crippen LogP contribution in [0.15, 0.2) is 77.8 Å². The summed E-state index contributed by atoms with van der Waals surface area (Å²) < 4.78 is 27.2. The average Bonchev–Trinajstić information content (AvgIpc) is 2.69. The number of aromatic nitrogens is 1. The van der Waals surface area contributed by atoms with Crippen molar-refractivity contribution in [3.63, 3.8) is 0 Å². The van der Waals surface area contributed by atoms with E-state index in [4.69, 9.17) is 0 Å². The normalized spacial score (nSPS) is 11.1. The van der Waals surface area contributed by atoms with Gasteiger partial charge in [-0.25, -0.2) is 13.1 Å². The van der Waals surface area contributed by atoms with Crippen LogP contribution < -0.4 is 10.0 Å². The Morgan fingerprint density at radius 3 is 2.30 bits per heavy atom. The number of carbonyl (C=O) groups is 1. The molecule has 0 aliphatic rings. The summed E-state index contributed by atoms with van der Waals surface area (Å²) >= 11 is 0. The van der Waals surface area contributed by atoms with Crippen LogP contribution in [0, 0.1) is 6.92 Å². The zero-order chi connectivity index (χ0) is 19.3. The van der Waals surface area contributed by atoms with Crippen molar-refractivity contribution in [3.05, 3.63) is 89.7 Å². The van der Waals surface area contributed by atoms with Crippen molar-refractivity contribution < 1.29 is 13.2 Å². The summed E-state index contributed by atoms with van der Waals surface area (Å²) in [5.74, 6) is -0.302. The van der Waals surface area contributed by atoms with Crippen molar-refractivity contribution in [2.45, 2.75) is 18.4 Å². The first-order chi connectivity index (χ1) is 12.9. The lowest BCUT2D eigenvalue weighted by Gasteiger charge is -2.08. The van der Waals surface area contributed by atoms with E-state index in [2.05, 4.69) is 15.0 Å². The van der Waals surface area contributed by atoms with Crippen molar-refractivity contribution >= 4 is 21.6 Å². The average molecular weight is 381 g/mol. The summed E-state index contributed by atoms with van der Waals surface area (Å²) in [4.78, 5) is 16.5. The SMILES string of the molecule is Cc1ccc(NC(=O)c2ccc(S(=O)(=O)NCc3ccccn3)cc2)cc1. The first-order valence-corrected chi connectivity index (χ1v) is 9.80. The molecule has 27 heavy (non-hydrogen) atoms. The number of nitrogens with zero attached hydrogens (tertiary/aromatic N) is 1. The van der Waals surface area contributed by atoms with Crippen LogP contribution >= 0.6 is 0 Å². The molecule has 7 heteroatoms. The van der Waals surface area contributed by atoms with Crippen molar-refractivity contribution in [2.75, 3.05) is 5.32 Å². The minimum absolute atomic E-state index is 0.0883. The van der Waals surface area contributed by atoms with E-state index in [1.54, 1.807) is 24.4 Å². The number of benzene rings is 2. The van der Waals surface area contributed by atoms with E-state index in [0.29, 0.717) is 16.9 Å². The van der Waals surface area contributed by atoms with Crippen LogP contribution in [0.1, 0.15) is 21.6 Å². The number of sulfonamides is 1. The Kier molecular flexibility index (Phi) is 5.63. The highest BCUT2D eigenvalue weighted by Crippen LogP contribution is 2.14. The molecule has 0 saturated carbocycles. The molecule has 0 aliphatic heterocycles. The molecule has 1 amide bonds. The number of hydrogen-bond acceptors (Lipinski definition) is 4. The van der Waals surface area contributed by atoms with Gasteiger partial charge in [0, 0.05) is 17.4 Å². The van der Waals surface area contributed by atoms with E-state index >= 15 is 0 Å². The van der Waals surface area contributed by atoms with Crippen molar-refractivity contribution in [3.8, 4) is 0 Å². The van der Waals surface area contributed by atoms with Gasteiger partial charge < -0.3 is 5.32 Å². The molecule has 0 aliphatic carbocycles. The molecule has 0 atom stereocenters. The number of amides is 1. The highest BCUT2D eigenvalue weighted by Gasteiger charge is 2.15. The molecule has 0 fully saturated rings. The monoisotopic (exact) mass is 381 g/mol. The fourth-order valence-electron chi connectivity index (χ4n) is 2.38. The predicted octanol–water partition coefficient (Wildman–Crippen LogP) is 3.12. The van der Waals surface area contributed by atoms with Gasteiger partial charge in [0.25, 0.3) is 5.91 Å². The minimum atomic E-state index is -3.69. The molecule has 1 aromatic heterocycles. The summed E-state index contributed by atoms with van der Waals surface area (Å²) in [6.07, 6.45) is 1.60. The van der Waals surface area contributed by atoms with Crippen LogP contribution in [0.25, 0.3) is 0 Å². The molecular formula is C20H19N3O3S. The molecule has 0 bridgehead atoms. The Morgan fingerprint density at radius 2 is 1.67 bits per heavy atom. The molecule has 0 spiro atoms. The van der Waals surface area contributed by atoms with Gasteiger partial charge in [0.05, 0.1) is 17.1 Å². The van der Waals surface area contributed by atoms with E-state index in [0.717, 1.165) is 5.56 Å². The number of aryl methyl sites for hydroxylation is 1. The maximum atomic E-state index is 12.4. The first-order valence-electron chi connectivity index (χ1n) is 8.32. The van der Waals surface area contributed by atoms with Crippen LogP contribution in [-0.2, 0) is 16.6 Å². The summed E-state index contributed by atoms with van der Waals surface area (Å²) in [5.41, 5.74) is 2.77. The molecule has 0 radical (unpaired) electrons. The Morgan fingerprint density at radius 1 is 0.963 bits per heavy atom. The highest BCUT2D eigenvalue weighted by molar-refractivity contribution is 7.89. The molecule has 1 heterocycles. The summed E-state index contributed by atoms with van der Waals surface area (Å²) in [6.45, 7) is 2.06. The van der Waals surface area contributed by atoms with Gasteiger partial charge >= 0.3 is 0 Å². The van der Waals surface area contributed by atoms with Crippen LogP contribution in [-0.4, -0.2) is 19.3 Å². The van der Waals surface area contributed by atoms with Crippen LogP contribution in [0.5, 0.6) is 0 Å². The van der Waals surface area contributed by atoms with Crippen molar-refractivity contribution in [1.82, 2.24) is 9.71 Å². The van der Waals surface area contributed by atoms with Gasteiger partial charge in [0.2, 0.25) is 10.0 Å². The lowest BCUT2D eigenvalue weighted by atomic mass is 10.2. The third-order valence-electron chi connectivity index (χ3n) is 3.91. The number of pyridine rings is 1. The topological polar surface area (TPSA) is 88.2 Å². The zero-order valence-corrected chi connectivity index (χ0v) is 15.5. The summed E-state index contributed by atoms with van der Waals surface area (Å²) in [7, 11) is -3.69. The third-order valence-corrected chi connectivity index (χ3v) is 5.32. The number of anilines is 1. The first kappa shape index (κ1) is 18.8. The molecule has 0 saturated heterocycles. The molecule has 2 N–H and O–H groups in total. The molecule has 3 aromatic rings. The lowest BCUT2D eigenvalue weighted by molar-refractivity contribution is 0.102. The Hall–Kier alpha value is -3.03. The molecule has 2 aromatic carbocycles. The van der Waals surface area contributed by atoms with E-state index < -0.39 is 10.0 Å². The van der Waals surface area contributed by atoms with Gasteiger partial charge in [0.15, 0.2) is 0 Å². The van der Waals surface area contributed by atoms with Gasteiger partial charge in [-0.3, -0.25) is 9.78 Å². The summed E-state index contributed by atoms with van der Waals surface area (Å²) in [5, 5.41) is 2.78. The molecule has 6 nitrogen and oxygen atoms in total. The Bertz CT molecular complexity index is 1020. The maximum Gasteiger partial charge on any atom is 0.255 e. The second-order valence-electron chi connectivity index (χ2n) is 5.99. The Labute approximate surface area is 158 Å². The molecule has 138 valence electrons. The van der Waals surface area contributed by atoms with E-state index in [9.17, 15) is 13.2 Å². The van der Waals surface area contributed by atoms with Gasteiger partial charge in [0.1, 0.15) is 0 Å². The zero-order valence-electron chi connectivity index (χ0n) is 14.7. The summed E-state index contributed by atoms with van der Waals surface area (Å²) in [6, 6.07) is 18.5. The van der Waals surface area contributed by atoms with E-state index in [-0.39, 0.29) is 17.3 Å². The fourth-order valence-corrected chi connectivity index (χ4v) is 3.38. The number of rotatable bonds is 6. The van der Waals surface area contributed by atoms with E-state index in [1.807, 2.05) is 31.2 Å². The molecule has 3 rings (SSSR count). The molecule has 0 unspecified atom stereocenters. The maximum absolute atomic E-state index is 12.4. The van der Waals surface area contributed by atoms with Crippen LogP contribution in [0.4, 0.5) is 5.69 Å². The van der Waals surface area contributed by atoms with Gasteiger partial charge in [-0.15, -0.1) is 0 Å². The van der Waals surface area contributed by atoms with E-state index in [1.165, 1.54) is 24.3 Å².